The van der Waals surface area contributed by atoms with E-state index < -0.39 is 5.60 Å². The first-order valence-electron chi connectivity index (χ1n) is 23.2. The second kappa shape index (κ2) is 18.4. The minimum Gasteiger partial charge on any atom is -0.497 e. The monoisotopic (exact) mass is 892 g/mol. The Hall–Kier alpha value is -6.91. The van der Waals surface area contributed by atoms with Gasteiger partial charge in [-0.25, -0.2) is 4.58 Å². The summed E-state index contributed by atoms with van der Waals surface area (Å²) in [6.07, 6.45) is 0. The maximum absolute atomic E-state index is 10.6. The molecule has 0 bridgehead atoms. The van der Waals surface area contributed by atoms with Crippen LogP contribution in [0.1, 0.15) is 41.7 Å². The maximum atomic E-state index is 10.6. The van der Waals surface area contributed by atoms with Crippen LogP contribution in [0.3, 0.4) is 0 Å². The van der Waals surface area contributed by atoms with Gasteiger partial charge in [0.25, 0.3) is 0 Å². The smallest absolute Gasteiger partial charge is 0.203 e. The molecule has 3 aliphatic heterocycles. The van der Waals surface area contributed by atoms with Crippen molar-refractivity contribution in [3.63, 3.8) is 0 Å². The molecule has 6 aromatic carbocycles. The molecule has 0 atom stereocenters. The molecule has 0 radical (unpaired) electrons. The second-order valence-electron chi connectivity index (χ2n) is 17.9. The number of para-hydroxylation sites is 1. The van der Waals surface area contributed by atoms with Crippen LogP contribution in [0, 0.1) is 0 Å². The van der Waals surface area contributed by atoms with E-state index in [-0.39, 0.29) is 12.0 Å². The van der Waals surface area contributed by atoms with E-state index in [1.807, 2.05) is 42.5 Å². The van der Waals surface area contributed by atoms with Crippen molar-refractivity contribution in [3.05, 3.63) is 191 Å². The van der Waals surface area contributed by atoms with Crippen LogP contribution < -0.4 is 29.2 Å². The van der Waals surface area contributed by atoms with Crippen LogP contribution in [-0.2, 0) is 20.5 Å². The maximum Gasteiger partial charge on any atom is 0.203 e. The van der Waals surface area contributed by atoms with Gasteiger partial charge in [0.2, 0.25) is 5.36 Å². The first kappa shape index (κ1) is 44.0. The number of anilines is 3. The van der Waals surface area contributed by atoms with Crippen molar-refractivity contribution < 1.29 is 28.5 Å². The summed E-state index contributed by atoms with van der Waals surface area (Å²) in [6, 6.07) is 55.2. The molecule has 10 rings (SSSR count). The normalized spacial score (nSPS) is 15.0. The lowest BCUT2D eigenvalue weighted by Gasteiger charge is -2.40. The van der Waals surface area contributed by atoms with Crippen molar-refractivity contribution in [3.8, 4) is 33.9 Å². The molecule has 3 heterocycles. The number of hydrogen-bond acceptors (Lipinski definition) is 8. The highest BCUT2D eigenvalue weighted by Crippen LogP contribution is 2.51. The van der Waals surface area contributed by atoms with Crippen LogP contribution in [0.2, 0.25) is 0 Å². The molecule has 6 aromatic rings. The Morgan fingerprint density at radius 2 is 1.33 bits per heavy atom. The highest BCUT2D eigenvalue weighted by molar-refractivity contribution is 6.03. The van der Waals surface area contributed by atoms with Gasteiger partial charge in [0.05, 0.1) is 33.5 Å². The number of fused-ring (bicyclic) bond motifs is 4. The topological polar surface area (TPSA) is 79.8 Å². The van der Waals surface area contributed by atoms with Crippen molar-refractivity contribution in [2.24, 2.45) is 0 Å². The Kier molecular flexibility index (Phi) is 12.1. The average molecular weight is 893 g/mol. The fraction of sp³-hybridized carbons (Fsp3) is 0.259. The summed E-state index contributed by atoms with van der Waals surface area (Å²) < 4.78 is 33.3. The van der Waals surface area contributed by atoms with Crippen LogP contribution in [-0.4, -0.2) is 79.0 Å². The Balaban J connectivity index is 1.09. The SMILES string of the molecule is COc1ccc(C(OCC/[N+](CCO)=c2\ccc3c(-c4ccc5c(c4)C(C)(C)c4ccccc4N5C)c4ccc(N5CCOCC5)cc4oc-3c2)(c2ccccc2)c2ccc(OC)cc2)cc1. The van der Waals surface area contributed by atoms with E-state index in [9.17, 15) is 5.11 Å². The molecule has 0 unspecified atom stereocenters. The lowest BCUT2D eigenvalue weighted by Crippen LogP contribution is -2.39. The van der Waals surface area contributed by atoms with Gasteiger partial charge in [-0.3, -0.25) is 0 Å². The summed E-state index contributed by atoms with van der Waals surface area (Å²) in [7, 11) is 5.51. The van der Waals surface area contributed by atoms with Crippen LogP contribution in [0.25, 0.3) is 33.4 Å². The highest BCUT2D eigenvalue weighted by atomic mass is 16.5. The third-order valence-electron chi connectivity index (χ3n) is 13.9. The summed E-state index contributed by atoms with van der Waals surface area (Å²) in [5, 5.41) is 12.5. The van der Waals surface area contributed by atoms with E-state index in [1.165, 1.54) is 22.5 Å². The number of ether oxygens (including phenoxy) is 4. The number of rotatable bonds is 13. The fourth-order valence-corrected chi connectivity index (χ4v) is 10.3. The number of methoxy groups -OCH3 is 2. The minimum absolute atomic E-state index is 0.0374. The van der Waals surface area contributed by atoms with Gasteiger partial charge in [-0.1, -0.05) is 92.7 Å². The van der Waals surface area contributed by atoms with E-state index in [4.69, 9.17) is 23.4 Å². The first-order valence-corrected chi connectivity index (χ1v) is 23.2. The van der Waals surface area contributed by atoms with Gasteiger partial charge in [-0.05, 0) is 94.0 Å². The molecule has 1 fully saturated rings. The summed E-state index contributed by atoms with van der Waals surface area (Å²) in [5.74, 6) is 2.29. The third kappa shape index (κ3) is 8.01. The van der Waals surface area contributed by atoms with Crippen molar-refractivity contribution in [1.82, 2.24) is 4.58 Å². The van der Waals surface area contributed by atoms with Crippen LogP contribution >= 0.6 is 0 Å². The molecule has 4 aliphatic rings. The molecule has 0 saturated carbocycles. The van der Waals surface area contributed by atoms with Gasteiger partial charge in [0, 0.05) is 71.3 Å². The van der Waals surface area contributed by atoms with Gasteiger partial charge < -0.3 is 38.3 Å². The molecule has 0 aromatic heterocycles. The standard InChI is InChI=1S/C58H58N3O6/c1-57(2)50-13-9-10-14-52(50)59(3)53-28-15-40(37-51(53)57)56-48-26-20-44(38-54(48)67-55-39-45(21-27-49(55)56)61-30-34-65-35-31-61)60(29-33-62)32-36-66-58(41-11-7-6-8-12-41,42-16-22-46(63-4)23-17-42)43-18-24-47(64-5)25-19-43/h6-28,37-39,62H,29-36H2,1-5H3/q+1. The quantitative estimate of drug-likeness (QED) is 0.0697. The van der Waals surface area contributed by atoms with E-state index in [0.29, 0.717) is 32.9 Å². The Labute approximate surface area is 393 Å². The van der Waals surface area contributed by atoms with Gasteiger partial charge in [0.15, 0.2) is 13.1 Å². The predicted molar refractivity (Wildman–Crippen MR) is 268 cm³/mol. The summed E-state index contributed by atoms with van der Waals surface area (Å²) >= 11 is 0. The van der Waals surface area contributed by atoms with Crippen LogP contribution in [0.15, 0.2) is 162 Å². The third-order valence-corrected chi connectivity index (χ3v) is 13.9. The van der Waals surface area contributed by atoms with Crippen molar-refractivity contribution in [1.29, 1.82) is 0 Å². The molecule has 340 valence electrons. The largest absolute Gasteiger partial charge is 0.497 e. The van der Waals surface area contributed by atoms with E-state index in [1.54, 1.807) is 14.2 Å². The van der Waals surface area contributed by atoms with E-state index >= 15 is 0 Å². The van der Waals surface area contributed by atoms with Crippen LogP contribution in [0.5, 0.6) is 11.5 Å². The van der Waals surface area contributed by atoms with Gasteiger partial charge >= 0.3 is 0 Å². The number of aliphatic hydroxyl groups is 1. The molecule has 1 N–H and O–H groups in total. The molecule has 1 saturated heterocycles. The zero-order chi connectivity index (χ0) is 46.1. The predicted octanol–water partition coefficient (Wildman–Crippen LogP) is 10.2. The highest BCUT2D eigenvalue weighted by Gasteiger charge is 2.39. The minimum atomic E-state index is -0.976. The average Bonchev–Trinajstić information content (AvgIpc) is 3.38. The molecule has 0 spiro atoms. The molecule has 9 heteroatoms. The Morgan fingerprint density at radius 3 is 2.01 bits per heavy atom. The number of aliphatic hydroxyl groups excluding tert-OH is 1. The first-order chi connectivity index (χ1) is 32.7. The van der Waals surface area contributed by atoms with E-state index in [2.05, 4.69) is 151 Å². The Morgan fingerprint density at radius 1 is 0.672 bits per heavy atom. The summed E-state index contributed by atoms with van der Waals surface area (Å²) in [5.41, 5.74) is 11.9. The van der Waals surface area contributed by atoms with E-state index in [0.717, 1.165) is 85.7 Å². The fourth-order valence-electron chi connectivity index (χ4n) is 10.3. The molecular weight excluding hydrogens is 835 g/mol. The van der Waals surface area contributed by atoms with Gasteiger partial charge in [0.1, 0.15) is 41.7 Å². The van der Waals surface area contributed by atoms with Crippen molar-refractivity contribution in [2.45, 2.75) is 24.9 Å². The lowest BCUT2D eigenvalue weighted by molar-refractivity contribution is 0.0123. The molecular formula is C58H58N3O6+. The number of benzene rings is 7. The molecule has 1 aliphatic carbocycles. The van der Waals surface area contributed by atoms with Crippen molar-refractivity contribution in [2.75, 3.05) is 83.7 Å². The Bertz CT molecular complexity index is 3020. The molecule has 9 nitrogen and oxygen atoms in total. The zero-order valence-electron chi connectivity index (χ0n) is 39.0. The molecule has 67 heavy (non-hydrogen) atoms. The number of hydrogen-bond donors (Lipinski definition) is 1. The zero-order valence-corrected chi connectivity index (χ0v) is 39.0. The number of nitrogens with zero attached hydrogens (tertiary/aromatic N) is 3. The van der Waals surface area contributed by atoms with Gasteiger partial charge in [-0.2, -0.15) is 0 Å². The second-order valence-corrected chi connectivity index (χ2v) is 17.9. The summed E-state index contributed by atoms with van der Waals surface area (Å²) in [6.45, 7) is 8.88. The van der Waals surface area contributed by atoms with Crippen molar-refractivity contribution >= 4 is 28.0 Å². The number of morpholine rings is 1. The summed E-state index contributed by atoms with van der Waals surface area (Å²) in [4.78, 5) is 4.68. The molecule has 0 amide bonds. The van der Waals surface area contributed by atoms with Gasteiger partial charge in [-0.15, -0.1) is 0 Å². The van der Waals surface area contributed by atoms with Crippen LogP contribution in [0.4, 0.5) is 17.1 Å². The lowest BCUT2D eigenvalue weighted by atomic mass is 9.73.